The maximum atomic E-state index is 12.2. The van der Waals surface area contributed by atoms with E-state index in [-0.39, 0.29) is 12.2 Å². The van der Waals surface area contributed by atoms with E-state index in [1.807, 2.05) is 6.92 Å². The lowest BCUT2D eigenvalue weighted by Gasteiger charge is -2.33. The predicted octanol–water partition coefficient (Wildman–Crippen LogP) is 2.51. The lowest BCUT2D eigenvalue weighted by Crippen LogP contribution is -2.43. The van der Waals surface area contributed by atoms with E-state index in [0.29, 0.717) is 11.3 Å². The van der Waals surface area contributed by atoms with E-state index >= 15 is 0 Å². The van der Waals surface area contributed by atoms with Gasteiger partial charge < -0.3 is 4.90 Å². The molecule has 0 spiro atoms. The summed E-state index contributed by atoms with van der Waals surface area (Å²) in [7, 11) is 0. The van der Waals surface area contributed by atoms with E-state index < -0.39 is 0 Å². The molecule has 1 saturated heterocycles. The molecule has 17 heavy (non-hydrogen) atoms. The molecule has 1 aliphatic carbocycles. The fraction of sp³-hybridized carbons (Fsp3) is 0.929. The van der Waals surface area contributed by atoms with Gasteiger partial charge in [0, 0.05) is 6.54 Å². The Kier molecular flexibility index (Phi) is 3.76. The Morgan fingerprint density at radius 3 is 2.65 bits per heavy atom. The van der Waals surface area contributed by atoms with Crippen LogP contribution in [0, 0.1) is 5.41 Å². The second-order valence-corrected chi connectivity index (χ2v) is 6.18. The van der Waals surface area contributed by atoms with Gasteiger partial charge in [0.1, 0.15) is 0 Å². The van der Waals surface area contributed by atoms with Crippen LogP contribution >= 0.6 is 0 Å². The highest BCUT2D eigenvalue weighted by Crippen LogP contribution is 2.39. The zero-order chi connectivity index (χ0) is 12.5. The Bertz CT molecular complexity index is 284. The van der Waals surface area contributed by atoms with Crippen LogP contribution in [0.1, 0.15) is 59.3 Å². The van der Waals surface area contributed by atoms with E-state index in [1.165, 1.54) is 25.7 Å². The molecule has 1 amide bonds. The van der Waals surface area contributed by atoms with E-state index in [0.717, 1.165) is 19.4 Å². The molecule has 0 aromatic carbocycles. The van der Waals surface area contributed by atoms with Crippen LogP contribution in [0.5, 0.6) is 0 Å². The number of carbonyl (C=O) groups is 1. The first kappa shape index (κ1) is 12.9. The SMILES string of the molecule is CCCC1NC(C)C(=O)N1CC1(C)CCCC1. The number of hydrogen-bond donors (Lipinski definition) is 1. The van der Waals surface area contributed by atoms with Crippen molar-refractivity contribution in [2.75, 3.05) is 6.54 Å². The Balaban J connectivity index is 2.03. The highest BCUT2D eigenvalue weighted by molar-refractivity contribution is 5.83. The van der Waals surface area contributed by atoms with Crippen LogP contribution in [0.3, 0.4) is 0 Å². The van der Waals surface area contributed by atoms with Gasteiger partial charge >= 0.3 is 0 Å². The number of rotatable bonds is 4. The zero-order valence-electron chi connectivity index (χ0n) is 11.5. The first-order valence-corrected chi connectivity index (χ1v) is 7.12. The maximum Gasteiger partial charge on any atom is 0.240 e. The van der Waals surface area contributed by atoms with E-state index in [2.05, 4.69) is 24.1 Å². The van der Waals surface area contributed by atoms with Gasteiger partial charge in [-0.05, 0) is 31.6 Å². The average molecular weight is 238 g/mol. The van der Waals surface area contributed by atoms with Crippen molar-refractivity contribution in [1.29, 1.82) is 0 Å². The van der Waals surface area contributed by atoms with Crippen LogP contribution in [0.4, 0.5) is 0 Å². The van der Waals surface area contributed by atoms with Crippen LogP contribution in [-0.4, -0.2) is 29.6 Å². The molecular formula is C14H26N2O. The van der Waals surface area contributed by atoms with Crippen LogP contribution in [0.15, 0.2) is 0 Å². The lowest BCUT2D eigenvalue weighted by molar-refractivity contribution is -0.131. The molecule has 0 aromatic heterocycles. The third-order valence-electron chi connectivity index (χ3n) is 4.40. The van der Waals surface area contributed by atoms with Crippen LogP contribution in [-0.2, 0) is 4.79 Å². The third kappa shape index (κ3) is 2.65. The van der Waals surface area contributed by atoms with Crippen molar-refractivity contribution in [3.63, 3.8) is 0 Å². The molecule has 2 fully saturated rings. The number of hydrogen-bond acceptors (Lipinski definition) is 2. The average Bonchev–Trinajstić information content (AvgIpc) is 2.80. The summed E-state index contributed by atoms with van der Waals surface area (Å²) in [6.45, 7) is 7.47. The molecule has 1 saturated carbocycles. The third-order valence-corrected chi connectivity index (χ3v) is 4.40. The van der Waals surface area contributed by atoms with Gasteiger partial charge in [-0.2, -0.15) is 0 Å². The molecule has 3 nitrogen and oxygen atoms in total. The molecule has 3 heteroatoms. The summed E-state index contributed by atoms with van der Waals surface area (Å²) >= 11 is 0. The lowest BCUT2D eigenvalue weighted by atomic mass is 9.88. The summed E-state index contributed by atoms with van der Waals surface area (Å²) in [6, 6.07) is 0.0107. The smallest absolute Gasteiger partial charge is 0.240 e. The summed E-state index contributed by atoms with van der Waals surface area (Å²) in [6.07, 6.45) is 7.71. The Labute approximate surface area is 105 Å². The summed E-state index contributed by atoms with van der Waals surface area (Å²) in [5, 5.41) is 3.42. The molecule has 2 atom stereocenters. The number of amides is 1. The second-order valence-electron chi connectivity index (χ2n) is 6.18. The quantitative estimate of drug-likeness (QED) is 0.816. The summed E-state index contributed by atoms with van der Waals surface area (Å²) in [5.41, 5.74) is 0.368. The Morgan fingerprint density at radius 2 is 2.06 bits per heavy atom. The van der Waals surface area contributed by atoms with Gasteiger partial charge in [-0.1, -0.05) is 33.1 Å². The monoisotopic (exact) mass is 238 g/mol. The first-order chi connectivity index (χ1) is 8.06. The Hall–Kier alpha value is -0.570. The molecule has 1 heterocycles. The van der Waals surface area contributed by atoms with Crippen molar-refractivity contribution >= 4 is 5.91 Å². The van der Waals surface area contributed by atoms with Crippen molar-refractivity contribution < 1.29 is 4.79 Å². The van der Waals surface area contributed by atoms with Gasteiger partial charge in [-0.15, -0.1) is 0 Å². The molecule has 0 bridgehead atoms. The van der Waals surface area contributed by atoms with Crippen molar-refractivity contribution in [2.45, 2.75) is 71.5 Å². The van der Waals surface area contributed by atoms with Gasteiger partial charge in [-0.3, -0.25) is 10.1 Å². The minimum absolute atomic E-state index is 0.0107. The van der Waals surface area contributed by atoms with Crippen molar-refractivity contribution in [3.05, 3.63) is 0 Å². The van der Waals surface area contributed by atoms with E-state index in [1.54, 1.807) is 0 Å². The van der Waals surface area contributed by atoms with Crippen molar-refractivity contribution in [3.8, 4) is 0 Å². The normalized spacial score (nSPS) is 32.4. The largest absolute Gasteiger partial charge is 0.325 e. The summed E-state index contributed by atoms with van der Waals surface area (Å²) < 4.78 is 0. The molecule has 2 rings (SSSR count). The molecule has 1 N–H and O–H groups in total. The predicted molar refractivity (Wildman–Crippen MR) is 69.6 cm³/mol. The fourth-order valence-electron chi connectivity index (χ4n) is 3.35. The van der Waals surface area contributed by atoms with E-state index in [4.69, 9.17) is 0 Å². The molecule has 0 aromatic rings. The molecule has 1 aliphatic heterocycles. The Morgan fingerprint density at radius 1 is 1.41 bits per heavy atom. The van der Waals surface area contributed by atoms with Gasteiger partial charge in [-0.25, -0.2) is 0 Å². The fourth-order valence-corrected chi connectivity index (χ4v) is 3.35. The second kappa shape index (κ2) is 4.97. The highest BCUT2D eigenvalue weighted by Gasteiger charge is 2.40. The van der Waals surface area contributed by atoms with Crippen molar-refractivity contribution in [1.82, 2.24) is 10.2 Å². The summed E-state index contributed by atoms with van der Waals surface area (Å²) in [4.78, 5) is 14.3. The van der Waals surface area contributed by atoms with Crippen LogP contribution in [0.2, 0.25) is 0 Å². The number of carbonyl (C=O) groups excluding carboxylic acids is 1. The number of nitrogens with zero attached hydrogens (tertiary/aromatic N) is 1. The zero-order valence-corrected chi connectivity index (χ0v) is 11.5. The van der Waals surface area contributed by atoms with Gasteiger partial charge in [0.05, 0.1) is 12.2 Å². The van der Waals surface area contributed by atoms with Crippen LogP contribution < -0.4 is 5.32 Å². The molecular weight excluding hydrogens is 212 g/mol. The maximum absolute atomic E-state index is 12.2. The van der Waals surface area contributed by atoms with E-state index in [9.17, 15) is 4.79 Å². The van der Waals surface area contributed by atoms with Gasteiger partial charge in [0.15, 0.2) is 0 Å². The highest BCUT2D eigenvalue weighted by atomic mass is 16.2. The minimum Gasteiger partial charge on any atom is -0.325 e. The topological polar surface area (TPSA) is 32.3 Å². The molecule has 0 radical (unpaired) electrons. The van der Waals surface area contributed by atoms with Crippen molar-refractivity contribution in [2.24, 2.45) is 5.41 Å². The number of nitrogens with one attached hydrogen (secondary N) is 1. The molecule has 2 aliphatic rings. The van der Waals surface area contributed by atoms with Gasteiger partial charge in [0.2, 0.25) is 5.91 Å². The van der Waals surface area contributed by atoms with Gasteiger partial charge in [0.25, 0.3) is 0 Å². The first-order valence-electron chi connectivity index (χ1n) is 7.12. The summed E-state index contributed by atoms with van der Waals surface area (Å²) in [5.74, 6) is 0.302. The van der Waals surface area contributed by atoms with Crippen LogP contribution in [0.25, 0.3) is 0 Å². The molecule has 2 unspecified atom stereocenters. The molecule has 98 valence electrons. The standard InChI is InChI=1S/C14H26N2O/c1-4-7-12-15-11(2)13(17)16(12)10-14(3)8-5-6-9-14/h11-12,15H,4-10H2,1-3H3. The minimum atomic E-state index is 0.0107.